The summed E-state index contributed by atoms with van der Waals surface area (Å²) in [7, 11) is 0. The maximum absolute atomic E-state index is 12.3. The minimum Gasteiger partial charge on any atom is -0.467 e. The Kier molecular flexibility index (Phi) is 5.21. The van der Waals surface area contributed by atoms with Gasteiger partial charge in [0, 0.05) is 10.7 Å². The van der Waals surface area contributed by atoms with Crippen LogP contribution in [0.25, 0.3) is 0 Å². The second kappa shape index (κ2) is 7.55. The van der Waals surface area contributed by atoms with Gasteiger partial charge < -0.3 is 15.1 Å². The fourth-order valence-electron chi connectivity index (χ4n) is 2.13. The predicted octanol–water partition coefficient (Wildman–Crippen LogP) is 4.36. The van der Waals surface area contributed by atoms with Gasteiger partial charge in [0.15, 0.2) is 0 Å². The molecule has 0 aliphatic carbocycles. The fraction of sp³-hybridized carbons (Fsp3) is 0.118. The van der Waals surface area contributed by atoms with Gasteiger partial charge in [0.25, 0.3) is 5.91 Å². The second-order valence-corrected chi connectivity index (χ2v) is 6.07. The van der Waals surface area contributed by atoms with Crippen molar-refractivity contribution in [1.29, 1.82) is 0 Å². The van der Waals surface area contributed by atoms with E-state index in [0.29, 0.717) is 27.2 Å². The van der Waals surface area contributed by atoms with E-state index in [1.54, 1.807) is 49.6 Å². The van der Waals surface area contributed by atoms with Crippen molar-refractivity contribution in [3.63, 3.8) is 0 Å². The second-order valence-electron chi connectivity index (χ2n) is 5.23. The molecule has 2 N–H and O–H groups in total. The van der Waals surface area contributed by atoms with E-state index >= 15 is 0 Å². The lowest BCUT2D eigenvalue weighted by atomic mass is 10.3. The Morgan fingerprint density at radius 1 is 1.20 bits per heavy atom. The lowest BCUT2D eigenvalue weighted by Gasteiger charge is -2.10. The van der Waals surface area contributed by atoms with Crippen LogP contribution < -0.4 is 10.6 Å². The molecule has 3 aromatic rings. The van der Waals surface area contributed by atoms with E-state index < -0.39 is 0 Å². The normalized spacial score (nSPS) is 10.5. The summed E-state index contributed by atoms with van der Waals surface area (Å²) in [6, 6.07) is 10.1. The number of carbonyl (C=O) groups excluding carboxylic acids is 1. The van der Waals surface area contributed by atoms with Gasteiger partial charge in [0.05, 0.1) is 23.5 Å². The lowest BCUT2D eigenvalue weighted by molar-refractivity contribution is 0.0943. The van der Waals surface area contributed by atoms with Crippen LogP contribution in [0.1, 0.15) is 21.9 Å². The number of furan rings is 1. The number of nitrogens with one attached hydrogen (secondary N) is 2. The summed E-state index contributed by atoms with van der Waals surface area (Å²) in [5, 5.41) is 6.72. The minimum absolute atomic E-state index is 0.236. The van der Waals surface area contributed by atoms with E-state index in [1.807, 2.05) is 0 Å². The van der Waals surface area contributed by atoms with Crippen LogP contribution in [0.5, 0.6) is 0 Å². The highest BCUT2D eigenvalue weighted by atomic mass is 35.5. The Labute approximate surface area is 154 Å². The summed E-state index contributed by atoms with van der Waals surface area (Å²) >= 11 is 12.1. The average molecular weight is 377 g/mol. The van der Waals surface area contributed by atoms with E-state index in [0.717, 1.165) is 0 Å². The number of amides is 1. The first-order valence-corrected chi connectivity index (χ1v) is 8.15. The van der Waals surface area contributed by atoms with Crippen molar-refractivity contribution in [3.05, 3.63) is 69.9 Å². The van der Waals surface area contributed by atoms with E-state index in [-0.39, 0.29) is 24.1 Å². The highest BCUT2D eigenvalue weighted by molar-refractivity contribution is 6.35. The number of aromatic nitrogens is 2. The molecule has 0 unspecified atom stereocenters. The van der Waals surface area contributed by atoms with Crippen LogP contribution in [-0.2, 0) is 6.54 Å². The number of hydrogen-bond acceptors (Lipinski definition) is 5. The number of nitrogens with zero attached hydrogens (tertiary/aromatic N) is 2. The van der Waals surface area contributed by atoms with Gasteiger partial charge in [-0.05, 0) is 43.3 Å². The van der Waals surface area contributed by atoms with Crippen molar-refractivity contribution < 1.29 is 9.21 Å². The van der Waals surface area contributed by atoms with Gasteiger partial charge in [0.1, 0.15) is 11.5 Å². The van der Waals surface area contributed by atoms with Crippen LogP contribution in [-0.4, -0.2) is 15.9 Å². The zero-order valence-electron chi connectivity index (χ0n) is 13.2. The number of aryl methyl sites for hydroxylation is 1. The largest absolute Gasteiger partial charge is 0.467 e. The Morgan fingerprint density at radius 3 is 2.80 bits per heavy atom. The van der Waals surface area contributed by atoms with E-state index in [9.17, 15) is 4.79 Å². The van der Waals surface area contributed by atoms with Crippen molar-refractivity contribution in [3.8, 4) is 0 Å². The molecule has 8 heteroatoms. The highest BCUT2D eigenvalue weighted by Crippen LogP contribution is 2.27. The topological polar surface area (TPSA) is 80.0 Å². The van der Waals surface area contributed by atoms with Crippen molar-refractivity contribution in [2.75, 3.05) is 5.32 Å². The summed E-state index contributed by atoms with van der Waals surface area (Å²) in [5.41, 5.74) is 1.43. The number of halogens is 2. The quantitative estimate of drug-likeness (QED) is 0.691. The van der Waals surface area contributed by atoms with E-state index in [1.165, 1.54) is 0 Å². The Bertz CT molecular complexity index is 898. The van der Waals surface area contributed by atoms with Crippen LogP contribution in [0.3, 0.4) is 0 Å². The minimum atomic E-state index is -0.331. The Morgan fingerprint density at radius 2 is 2.04 bits per heavy atom. The highest BCUT2D eigenvalue weighted by Gasteiger charge is 2.12. The SMILES string of the molecule is Cc1cc(C(=O)NCc2ccco2)nc(Nc2cc(Cl)ccc2Cl)n1. The number of benzene rings is 1. The summed E-state index contributed by atoms with van der Waals surface area (Å²) < 4.78 is 5.18. The third-order valence-corrected chi connectivity index (χ3v) is 3.83. The van der Waals surface area contributed by atoms with Gasteiger partial charge in [-0.3, -0.25) is 4.79 Å². The summed E-state index contributed by atoms with van der Waals surface area (Å²) in [6.45, 7) is 2.05. The van der Waals surface area contributed by atoms with Crippen molar-refractivity contribution in [2.45, 2.75) is 13.5 Å². The van der Waals surface area contributed by atoms with Crippen molar-refractivity contribution in [1.82, 2.24) is 15.3 Å². The van der Waals surface area contributed by atoms with E-state index in [2.05, 4.69) is 20.6 Å². The van der Waals surface area contributed by atoms with Gasteiger partial charge in [0.2, 0.25) is 5.95 Å². The molecular weight excluding hydrogens is 363 g/mol. The van der Waals surface area contributed by atoms with E-state index in [4.69, 9.17) is 27.6 Å². The number of rotatable bonds is 5. The first-order chi connectivity index (χ1) is 12.0. The van der Waals surface area contributed by atoms with Gasteiger partial charge in [-0.15, -0.1) is 0 Å². The molecule has 2 heterocycles. The van der Waals surface area contributed by atoms with Crippen LogP contribution >= 0.6 is 23.2 Å². The van der Waals surface area contributed by atoms with Gasteiger partial charge in [-0.25, -0.2) is 9.97 Å². The molecule has 25 heavy (non-hydrogen) atoms. The molecule has 1 amide bonds. The van der Waals surface area contributed by atoms with Crippen LogP contribution in [0.15, 0.2) is 47.1 Å². The molecule has 0 atom stereocenters. The summed E-state index contributed by atoms with van der Waals surface area (Å²) in [6.07, 6.45) is 1.55. The molecule has 2 aromatic heterocycles. The molecular formula is C17H14Cl2N4O2. The molecule has 0 saturated carbocycles. The fourth-order valence-corrected chi connectivity index (χ4v) is 2.46. The molecule has 0 spiro atoms. The summed E-state index contributed by atoms with van der Waals surface area (Å²) in [5.74, 6) is 0.581. The van der Waals surface area contributed by atoms with Crippen LogP contribution in [0.4, 0.5) is 11.6 Å². The predicted molar refractivity (Wildman–Crippen MR) is 96.4 cm³/mol. The molecule has 0 aliphatic heterocycles. The molecule has 6 nitrogen and oxygen atoms in total. The number of anilines is 2. The zero-order chi connectivity index (χ0) is 17.8. The standard InChI is InChI=1S/C17H14Cl2N4O2/c1-10-7-15(16(24)20-9-12-3-2-6-25-12)23-17(21-10)22-14-8-11(18)4-5-13(14)19/h2-8H,9H2,1H3,(H,20,24)(H,21,22,23). The van der Waals surface area contributed by atoms with Crippen LogP contribution in [0, 0.1) is 6.92 Å². The Hall–Kier alpha value is -2.57. The maximum Gasteiger partial charge on any atom is 0.270 e. The molecule has 0 saturated heterocycles. The average Bonchev–Trinajstić information content (AvgIpc) is 3.09. The molecule has 0 aliphatic rings. The molecule has 0 radical (unpaired) electrons. The first kappa shape index (κ1) is 17.3. The smallest absolute Gasteiger partial charge is 0.270 e. The van der Waals surface area contributed by atoms with Gasteiger partial charge >= 0.3 is 0 Å². The zero-order valence-corrected chi connectivity index (χ0v) is 14.7. The third-order valence-electron chi connectivity index (χ3n) is 3.27. The molecule has 0 fully saturated rings. The third kappa shape index (κ3) is 4.49. The molecule has 0 bridgehead atoms. The van der Waals surface area contributed by atoms with Gasteiger partial charge in [-0.1, -0.05) is 23.2 Å². The number of hydrogen-bond donors (Lipinski definition) is 2. The number of carbonyl (C=O) groups is 1. The van der Waals surface area contributed by atoms with Crippen molar-refractivity contribution in [2.24, 2.45) is 0 Å². The van der Waals surface area contributed by atoms with Crippen molar-refractivity contribution >= 4 is 40.7 Å². The van der Waals surface area contributed by atoms with Gasteiger partial charge in [-0.2, -0.15) is 0 Å². The molecule has 3 rings (SSSR count). The molecule has 1 aromatic carbocycles. The lowest BCUT2D eigenvalue weighted by Crippen LogP contribution is -2.24. The van der Waals surface area contributed by atoms with Crippen LogP contribution in [0.2, 0.25) is 10.0 Å². The Balaban J connectivity index is 1.77. The maximum atomic E-state index is 12.3. The monoisotopic (exact) mass is 376 g/mol. The molecule has 128 valence electrons. The summed E-state index contributed by atoms with van der Waals surface area (Å²) in [4.78, 5) is 20.8. The first-order valence-electron chi connectivity index (χ1n) is 7.39.